The number of aryl methyl sites for hydroxylation is 1. The molecule has 2 aliphatic rings. The first kappa shape index (κ1) is 11.0. The van der Waals surface area contributed by atoms with Crippen LogP contribution in [0.25, 0.3) is 0 Å². The van der Waals surface area contributed by atoms with Crippen LogP contribution in [0.5, 0.6) is 0 Å². The standard InChI is InChI=1S/C15H18N4/c1-2-4-14-12(3-1)18-15-17-10-7-13(19(14)15)11-5-8-16-9-6-11/h5-6,8-9,13H,1-4,7,10H2,(H,17,18). The fourth-order valence-corrected chi connectivity index (χ4v) is 3.37. The van der Waals surface area contributed by atoms with Gasteiger partial charge >= 0.3 is 0 Å². The van der Waals surface area contributed by atoms with Gasteiger partial charge in [0.25, 0.3) is 0 Å². The van der Waals surface area contributed by atoms with E-state index in [1.165, 1.54) is 36.2 Å². The van der Waals surface area contributed by atoms with Gasteiger partial charge in [-0.3, -0.25) is 4.98 Å². The molecule has 19 heavy (non-hydrogen) atoms. The van der Waals surface area contributed by atoms with Crippen LogP contribution >= 0.6 is 0 Å². The molecule has 1 aliphatic carbocycles. The van der Waals surface area contributed by atoms with Crippen molar-refractivity contribution in [2.75, 3.05) is 11.9 Å². The van der Waals surface area contributed by atoms with Crippen LogP contribution in [0.4, 0.5) is 5.95 Å². The summed E-state index contributed by atoms with van der Waals surface area (Å²) in [6.07, 6.45) is 9.79. The number of rotatable bonds is 1. The minimum Gasteiger partial charge on any atom is -0.356 e. The molecule has 0 aromatic carbocycles. The Balaban J connectivity index is 1.84. The third-order valence-corrected chi connectivity index (χ3v) is 4.27. The van der Waals surface area contributed by atoms with Gasteiger partial charge in [0.2, 0.25) is 5.95 Å². The second-order valence-electron chi connectivity index (χ2n) is 5.42. The van der Waals surface area contributed by atoms with Crippen molar-refractivity contribution in [2.45, 2.75) is 38.1 Å². The summed E-state index contributed by atoms with van der Waals surface area (Å²) in [4.78, 5) is 8.93. The second kappa shape index (κ2) is 4.37. The maximum atomic E-state index is 4.80. The molecule has 0 spiro atoms. The van der Waals surface area contributed by atoms with Gasteiger partial charge in [-0.2, -0.15) is 0 Å². The minimum atomic E-state index is 0.425. The molecule has 1 aliphatic heterocycles. The summed E-state index contributed by atoms with van der Waals surface area (Å²) in [5.74, 6) is 1.07. The van der Waals surface area contributed by atoms with Gasteiger partial charge in [0.05, 0.1) is 11.7 Å². The average Bonchev–Trinajstić information content (AvgIpc) is 2.86. The van der Waals surface area contributed by atoms with Gasteiger partial charge in [-0.05, 0) is 49.8 Å². The van der Waals surface area contributed by atoms with E-state index in [2.05, 4.69) is 27.0 Å². The van der Waals surface area contributed by atoms with E-state index in [0.717, 1.165) is 25.3 Å². The molecule has 1 unspecified atom stereocenters. The zero-order valence-corrected chi connectivity index (χ0v) is 11.0. The Kier molecular flexibility index (Phi) is 2.53. The van der Waals surface area contributed by atoms with Crippen LogP contribution in [0.3, 0.4) is 0 Å². The molecule has 3 heterocycles. The first-order valence-corrected chi connectivity index (χ1v) is 7.17. The van der Waals surface area contributed by atoms with E-state index in [1.54, 1.807) is 0 Å². The molecule has 0 saturated heterocycles. The molecule has 4 heteroatoms. The zero-order valence-electron chi connectivity index (χ0n) is 11.0. The number of aromatic nitrogens is 3. The van der Waals surface area contributed by atoms with Crippen LogP contribution in [0, 0.1) is 0 Å². The fraction of sp³-hybridized carbons (Fsp3) is 0.467. The molecule has 4 nitrogen and oxygen atoms in total. The van der Waals surface area contributed by atoms with Crippen molar-refractivity contribution in [3.05, 3.63) is 41.5 Å². The van der Waals surface area contributed by atoms with Crippen molar-refractivity contribution in [3.8, 4) is 0 Å². The summed E-state index contributed by atoms with van der Waals surface area (Å²) in [5.41, 5.74) is 4.12. The third-order valence-electron chi connectivity index (χ3n) is 4.27. The minimum absolute atomic E-state index is 0.425. The van der Waals surface area contributed by atoms with Crippen molar-refractivity contribution >= 4 is 5.95 Å². The molecular weight excluding hydrogens is 236 g/mol. The predicted octanol–water partition coefficient (Wildman–Crippen LogP) is 2.56. The maximum Gasteiger partial charge on any atom is 0.203 e. The first-order valence-electron chi connectivity index (χ1n) is 7.17. The first-order chi connectivity index (χ1) is 9.43. The van der Waals surface area contributed by atoms with Gasteiger partial charge < -0.3 is 9.88 Å². The van der Waals surface area contributed by atoms with Crippen molar-refractivity contribution < 1.29 is 0 Å². The summed E-state index contributed by atoms with van der Waals surface area (Å²) in [7, 11) is 0. The molecule has 2 aromatic rings. The normalized spacial score (nSPS) is 21.4. The van der Waals surface area contributed by atoms with Gasteiger partial charge in [0.1, 0.15) is 0 Å². The quantitative estimate of drug-likeness (QED) is 0.850. The molecular formula is C15H18N4. The van der Waals surface area contributed by atoms with Gasteiger partial charge in [-0.25, -0.2) is 4.98 Å². The van der Waals surface area contributed by atoms with Gasteiger partial charge in [0.15, 0.2) is 0 Å². The number of imidazole rings is 1. The maximum absolute atomic E-state index is 4.80. The summed E-state index contributed by atoms with van der Waals surface area (Å²) in [5, 5.41) is 3.46. The molecule has 1 atom stereocenters. The smallest absolute Gasteiger partial charge is 0.203 e. The number of hydrogen-bond donors (Lipinski definition) is 1. The van der Waals surface area contributed by atoms with E-state index < -0.39 is 0 Å². The summed E-state index contributed by atoms with van der Waals surface area (Å²) < 4.78 is 2.44. The molecule has 0 amide bonds. The number of nitrogens with one attached hydrogen (secondary N) is 1. The average molecular weight is 254 g/mol. The van der Waals surface area contributed by atoms with E-state index in [9.17, 15) is 0 Å². The highest BCUT2D eigenvalue weighted by Gasteiger charge is 2.28. The van der Waals surface area contributed by atoms with Crippen molar-refractivity contribution in [2.24, 2.45) is 0 Å². The Bertz CT molecular complexity index is 588. The van der Waals surface area contributed by atoms with Crippen molar-refractivity contribution in [1.29, 1.82) is 0 Å². The second-order valence-corrected chi connectivity index (χ2v) is 5.42. The lowest BCUT2D eigenvalue weighted by atomic mass is 9.98. The Labute approximate surface area is 112 Å². The van der Waals surface area contributed by atoms with E-state index in [0.29, 0.717) is 6.04 Å². The molecule has 0 saturated carbocycles. The van der Waals surface area contributed by atoms with E-state index in [-0.39, 0.29) is 0 Å². The van der Waals surface area contributed by atoms with Crippen LogP contribution in [0.2, 0.25) is 0 Å². The molecule has 2 aromatic heterocycles. The summed E-state index contributed by atoms with van der Waals surface area (Å²) in [6.45, 7) is 1.00. The van der Waals surface area contributed by atoms with E-state index in [4.69, 9.17) is 4.98 Å². The Morgan fingerprint density at radius 3 is 2.89 bits per heavy atom. The number of fused-ring (bicyclic) bond motifs is 3. The van der Waals surface area contributed by atoms with E-state index in [1.807, 2.05) is 12.4 Å². The highest BCUT2D eigenvalue weighted by atomic mass is 15.3. The van der Waals surface area contributed by atoms with Gasteiger partial charge in [-0.1, -0.05) is 0 Å². The number of hydrogen-bond acceptors (Lipinski definition) is 3. The van der Waals surface area contributed by atoms with Gasteiger partial charge in [0, 0.05) is 24.6 Å². The predicted molar refractivity (Wildman–Crippen MR) is 74.4 cm³/mol. The topological polar surface area (TPSA) is 42.7 Å². The number of anilines is 1. The third kappa shape index (κ3) is 1.74. The lowest BCUT2D eigenvalue weighted by molar-refractivity contribution is 0.501. The molecule has 0 bridgehead atoms. The molecule has 0 fully saturated rings. The van der Waals surface area contributed by atoms with Crippen LogP contribution in [-0.2, 0) is 12.8 Å². The van der Waals surface area contributed by atoms with Crippen LogP contribution in [0.15, 0.2) is 24.5 Å². The molecule has 0 radical (unpaired) electrons. The van der Waals surface area contributed by atoms with Crippen molar-refractivity contribution in [3.63, 3.8) is 0 Å². The number of pyridine rings is 1. The van der Waals surface area contributed by atoms with Crippen LogP contribution in [-0.4, -0.2) is 21.1 Å². The Hall–Kier alpha value is -1.84. The molecule has 98 valence electrons. The van der Waals surface area contributed by atoms with E-state index >= 15 is 0 Å². The SMILES string of the molecule is c1cc(C2CCNc3nc4c(n32)CCCC4)ccn1. The summed E-state index contributed by atoms with van der Waals surface area (Å²) in [6, 6.07) is 4.69. The highest BCUT2D eigenvalue weighted by Crippen LogP contribution is 2.35. The Morgan fingerprint density at radius 2 is 2.00 bits per heavy atom. The van der Waals surface area contributed by atoms with Crippen molar-refractivity contribution in [1.82, 2.24) is 14.5 Å². The lowest BCUT2D eigenvalue weighted by Gasteiger charge is -2.29. The molecule has 1 N–H and O–H groups in total. The number of nitrogens with zero attached hydrogens (tertiary/aromatic N) is 3. The molecule has 4 rings (SSSR count). The largest absolute Gasteiger partial charge is 0.356 e. The Morgan fingerprint density at radius 1 is 1.16 bits per heavy atom. The summed E-state index contributed by atoms with van der Waals surface area (Å²) >= 11 is 0. The van der Waals surface area contributed by atoms with Gasteiger partial charge in [-0.15, -0.1) is 0 Å². The highest BCUT2D eigenvalue weighted by molar-refractivity contribution is 5.40. The lowest BCUT2D eigenvalue weighted by Crippen LogP contribution is -2.25. The van der Waals surface area contributed by atoms with Crippen LogP contribution < -0.4 is 5.32 Å². The monoisotopic (exact) mass is 254 g/mol. The van der Waals surface area contributed by atoms with Crippen LogP contribution in [0.1, 0.15) is 42.3 Å². The fourth-order valence-electron chi connectivity index (χ4n) is 3.37. The zero-order chi connectivity index (χ0) is 12.7.